The van der Waals surface area contributed by atoms with Gasteiger partial charge >= 0.3 is 5.97 Å². The Hall–Kier alpha value is -1.73. The molecule has 1 aliphatic rings. The van der Waals surface area contributed by atoms with Crippen molar-refractivity contribution in [3.05, 3.63) is 27.1 Å². The molecule has 112 valence electrons. The summed E-state index contributed by atoms with van der Waals surface area (Å²) in [6.07, 6.45) is 4.70. The molecule has 1 saturated carbocycles. The molecule has 0 aromatic carbocycles. The predicted molar refractivity (Wildman–Crippen MR) is 78.7 cm³/mol. The number of nitrogens with zero attached hydrogens (tertiary/aromatic N) is 1. The smallest absolute Gasteiger partial charge is 0.329 e. The lowest BCUT2D eigenvalue weighted by molar-refractivity contribution is -0.142. The van der Waals surface area contributed by atoms with Crippen LogP contribution in [0.1, 0.15) is 43.0 Å². The first-order chi connectivity index (χ1) is 10.1. The number of aromatic amines is 1. The average Bonchev–Trinajstić information content (AvgIpc) is 3.06. The molecule has 2 N–H and O–H groups in total. The van der Waals surface area contributed by atoms with E-state index in [1.54, 1.807) is 0 Å². The summed E-state index contributed by atoms with van der Waals surface area (Å²) in [5.41, 5.74) is 0.955. The molecule has 0 spiro atoms. The fourth-order valence-electron chi connectivity index (χ4n) is 2.86. The van der Waals surface area contributed by atoms with Crippen molar-refractivity contribution in [3.63, 3.8) is 0 Å². The van der Waals surface area contributed by atoms with Gasteiger partial charge in [-0.3, -0.25) is 4.79 Å². The molecule has 0 atom stereocenters. The summed E-state index contributed by atoms with van der Waals surface area (Å²) in [4.78, 5) is 30.4. The Balaban J connectivity index is 1.87. The standard InChI is InChI=1S/C14H16N2O4S/c17-11(18)6-20-5-10-15-13(19)12-9(7-21-14(12)16-10)8-3-1-2-4-8/h7-8H,1-6H2,(H,17,18)(H,15,16,19). The number of fused-ring (bicyclic) bond motifs is 1. The Morgan fingerprint density at radius 1 is 1.48 bits per heavy atom. The van der Waals surface area contributed by atoms with Gasteiger partial charge in [-0.25, -0.2) is 9.78 Å². The molecule has 0 unspecified atom stereocenters. The van der Waals surface area contributed by atoms with Crippen molar-refractivity contribution in [1.29, 1.82) is 0 Å². The number of carboxylic acids is 1. The Kier molecular flexibility index (Phi) is 4.03. The fourth-order valence-corrected chi connectivity index (χ4v) is 3.90. The second-order valence-corrected chi connectivity index (χ2v) is 6.11. The van der Waals surface area contributed by atoms with Gasteiger partial charge in [-0.2, -0.15) is 0 Å². The van der Waals surface area contributed by atoms with Gasteiger partial charge in [0.15, 0.2) is 0 Å². The van der Waals surface area contributed by atoms with Crippen molar-refractivity contribution in [1.82, 2.24) is 9.97 Å². The van der Waals surface area contributed by atoms with Crippen LogP contribution in [0.25, 0.3) is 10.2 Å². The lowest BCUT2D eigenvalue weighted by Crippen LogP contribution is -2.15. The van der Waals surface area contributed by atoms with E-state index >= 15 is 0 Å². The number of rotatable bonds is 5. The summed E-state index contributed by atoms with van der Waals surface area (Å²) in [5, 5.41) is 11.2. The molecule has 0 bridgehead atoms. The molecule has 0 amide bonds. The van der Waals surface area contributed by atoms with E-state index in [2.05, 4.69) is 9.97 Å². The fraction of sp³-hybridized carbons (Fsp3) is 0.500. The second-order valence-electron chi connectivity index (χ2n) is 5.25. The number of aliphatic carboxylic acids is 1. The van der Waals surface area contributed by atoms with E-state index in [-0.39, 0.29) is 12.2 Å². The molecule has 21 heavy (non-hydrogen) atoms. The maximum absolute atomic E-state index is 12.3. The molecule has 7 heteroatoms. The molecule has 0 radical (unpaired) electrons. The Bertz CT molecular complexity index is 715. The van der Waals surface area contributed by atoms with Crippen molar-refractivity contribution >= 4 is 27.5 Å². The number of hydrogen-bond acceptors (Lipinski definition) is 5. The van der Waals surface area contributed by atoms with Crippen LogP contribution in [0.3, 0.4) is 0 Å². The summed E-state index contributed by atoms with van der Waals surface area (Å²) in [5.74, 6) is -0.206. The van der Waals surface area contributed by atoms with Gasteiger partial charge in [-0.15, -0.1) is 11.3 Å². The lowest BCUT2D eigenvalue weighted by Gasteiger charge is -2.07. The first kappa shape index (κ1) is 14.2. The highest BCUT2D eigenvalue weighted by molar-refractivity contribution is 7.16. The van der Waals surface area contributed by atoms with E-state index in [0.29, 0.717) is 22.0 Å². The van der Waals surface area contributed by atoms with Crippen molar-refractivity contribution in [2.45, 2.75) is 38.2 Å². The number of nitrogens with one attached hydrogen (secondary N) is 1. The van der Waals surface area contributed by atoms with Crippen LogP contribution in [0.15, 0.2) is 10.2 Å². The van der Waals surface area contributed by atoms with Crippen LogP contribution in [0.2, 0.25) is 0 Å². The topological polar surface area (TPSA) is 92.3 Å². The molecule has 0 saturated heterocycles. The summed E-state index contributed by atoms with van der Waals surface area (Å²) < 4.78 is 4.96. The van der Waals surface area contributed by atoms with Crippen LogP contribution in [-0.2, 0) is 16.1 Å². The highest BCUT2D eigenvalue weighted by Gasteiger charge is 2.22. The van der Waals surface area contributed by atoms with E-state index < -0.39 is 12.6 Å². The summed E-state index contributed by atoms with van der Waals surface area (Å²) in [6, 6.07) is 0. The maximum atomic E-state index is 12.3. The number of carboxylic acid groups (broad SMARTS) is 1. The lowest BCUT2D eigenvalue weighted by atomic mass is 9.98. The molecule has 2 aromatic heterocycles. The highest BCUT2D eigenvalue weighted by Crippen LogP contribution is 2.38. The zero-order valence-corrected chi connectivity index (χ0v) is 12.2. The van der Waals surface area contributed by atoms with Gasteiger partial charge in [0.2, 0.25) is 0 Å². The van der Waals surface area contributed by atoms with Gasteiger partial charge in [0, 0.05) is 0 Å². The molecular formula is C14H16N2O4S. The molecule has 2 aromatic rings. The van der Waals surface area contributed by atoms with Crippen LogP contribution in [0, 0.1) is 0 Å². The summed E-state index contributed by atoms with van der Waals surface area (Å²) in [6.45, 7) is -0.409. The van der Waals surface area contributed by atoms with E-state index in [0.717, 1.165) is 18.4 Å². The minimum Gasteiger partial charge on any atom is -0.480 e. The third-order valence-electron chi connectivity index (χ3n) is 3.78. The zero-order chi connectivity index (χ0) is 14.8. The Morgan fingerprint density at radius 3 is 2.95 bits per heavy atom. The largest absolute Gasteiger partial charge is 0.480 e. The minimum absolute atomic E-state index is 0.00581. The predicted octanol–water partition coefficient (Wildman–Crippen LogP) is 2.24. The number of thiophene rings is 1. The summed E-state index contributed by atoms with van der Waals surface area (Å²) >= 11 is 1.47. The van der Waals surface area contributed by atoms with E-state index in [1.165, 1.54) is 24.2 Å². The molecule has 6 nitrogen and oxygen atoms in total. The number of ether oxygens (including phenoxy) is 1. The van der Waals surface area contributed by atoms with Crippen LogP contribution in [0.4, 0.5) is 0 Å². The minimum atomic E-state index is -1.04. The van der Waals surface area contributed by atoms with Gasteiger partial charge < -0.3 is 14.8 Å². The molecule has 2 heterocycles. The SMILES string of the molecule is O=C(O)COCc1nc2scc(C3CCCC3)c2c(=O)[nH]1. The third-order valence-corrected chi connectivity index (χ3v) is 4.67. The third kappa shape index (κ3) is 2.98. The zero-order valence-electron chi connectivity index (χ0n) is 11.4. The average molecular weight is 308 g/mol. The maximum Gasteiger partial charge on any atom is 0.329 e. The van der Waals surface area contributed by atoms with Crippen LogP contribution in [-0.4, -0.2) is 27.7 Å². The second kappa shape index (κ2) is 5.95. The van der Waals surface area contributed by atoms with Gasteiger partial charge in [0.05, 0.1) is 5.39 Å². The van der Waals surface area contributed by atoms with Gasteiger partial charge in [0.1, 0.15) is 23.9 Å². The number of hydrogen-bond donors (Lipinski definition) is 2. The Labute approximate surface area is 124 Å². The highest BCUT2D eigenvalue weighted by atomic mass is 32.1. The van der Waals surface area contributed by atoms with Crippen molar-refractivity contribution in [2.75, 3.05) is 6.61 Å². The molecule has 3 rings (SSSR count). The monoisotopic (exact) mass is 308 g/mol. The van der Waals surface area contributed by atoms with Gasteiger partial charge in [-0.05, 0) is 29.7 Å². The van der Waals surface area contributed by atoms with Gasteiger partial charge in [0.25, 0.3) is 5.56 Å². The van der Waals surface area contributed by atoms with E-state index in [4.69, 9.17) is 9.84 Å². The van der Waals surface area contributed by atoms with Crippen LogP contribution >= 0.6 is 11.3 Å². The molecule has 0 aliphatic heterocycles. The molecular weight excluding hydrogens is 292 g/mol. The van der Waals surface area contributed by atoms with Crippen LogP contribution < -0.4 is 5.56 Å². The number of aromatic nitrogens is 2. The van der Waals surface area contributed by atoms with Crippen molar-refractivity contribution in [2.24, 2.45) is 0 Å². The van der Waals surface area contributed by atoms with E-state index in [1.807, 2.05) is 5.38 Å². The first-order valence-corrected chi connectivity index (χ1v) is 7.83. The normalized spacial score (nSPS) is 15.8. The molecule has 1 aliphatic carbocycles. The van der Waals surface area contributed by atoms with Gasteiger partial charge in [-0.1, -0.05) is 12.8 Å². The van der Waals surface area contributed by atoms with E-state index in [9.17, 15) is 9.59 Å². The summed E-state index contributed by atoms with van der Waals surface area (Å²) in [7, 11) is 0. The number of H-pyrrole nitrogens is 1. The van der Waals surface area contributed by atoms with Crippen LogP contribution in [0.5, 0.6) is 0 Å². The first-order valence-electron chi connectivity index (χ1n) is 6.95. The Morgan fingerprint density at radius 2 is 2.24 bits per heavy atom. The van der Waals surface area contributed by atoms with Crippen molar-refractivity contribution in [3.8, 4) is 0 Å². The number of carbonyl (C=O) groups is 1. The van der Waals surface area contributed by atoms with Crippen molar-refractivity contribution < 1.29 is 14.6 Å². The molecule has 1 fully saturated rings. The quantitative estimate of drug-likeness (QED) is 0.883.